The Kier molecular flexibility index (Phi) is 4.42. The zero-order valence-corrected chi connectivity index (χ0v) is 11.5. The molecule has 0 saturated heterocycles. The van der Waals surface area contributed by atoms with Crippen LogP contribution in [-0.4, -0.2) is 18.4 Å². The first-order valence-electron chi connectivity index (χ1n) is 6.04. The molecule has 0 bridgehead atoms. The van der Waals surface area contributed by atoms with Crippen LogP contribution >= 0.6 is 11.6 Å². The van der Waals surface area contributed by atoms with Crippen LogP contribution in [0, 0.1) is 0 Å². The Hall–Kier alpha value is -2.27. The second kappa shape index (κ2) is 6.25. The number of benzene rings is 1. The third-order valence-electron chi connectivity index (χ3n) is 2.60. The summed E-state index contributed by atoms with van der Waals surface area (Å²) >= 11 is 5.72. The van der Waals surface area contributed by atoms with E-state index in [9.17, 15) is 9.59 Å². The zero-order chi connectivity index (χ0) is 14.5. The number of furan rings is 1. The highest BCUT2D eigenvalue weighted by molar-refractivity contribution is 6.32. The van der Waals surface area contributed by atoms with Crippen LogP contribution in [-0.2, 0) is 0 Å². The largest absolute Gasteiger partial charge is 0.452 e. The molecular formula is C14H13ClN2O3. The quantitative estimate of drug-likeness (QED) is 0.910. The van der Waals surface area contributed by atoms with Crippen LogP contribution in [0.5, 0.6) is 0 Å². The molecule has 1 aromatic heterocycles. The van der Waals surface area contributed by atoms with Crippen molar-refractivity contribution in [3.63, 3.8) is 0 Å². The van der Waals surface area contributed by atoms with Gasteiger partial charge >= 0.3 is 0 Å². The van der Waals surface area contributed by atoms with E-state index in [1.165, 1.54) is 12.3 Å². The summed E-state index contributed by atoms with van der Waals surface area (Å²) in [5.41, 5.74) is 1.37. The van der Waals surface area contributed by atoms with E-state index in [0.717, 1.165) is 0 Å². The number of carbonyl (C=O) groups excluding carboxylic acids is 2. The SMILES string of the molecule is CCNC(=O)c1ccc(NC(=O)c2ccoc2Cl)cc1. The fourth-order valence-electron chi connectivity index (χ4n) is 1.62. The third kappa shape index (κ3) is 3.19. The van der Waals surface area contributed by atoms with Crippen molar-refractivity contribution in [2.75, 3.05) is 11.9 Å². The van der Waals surface area contributed by atoms with Crippen LogP contribution in [0.4, 0.5) is 5.69 Å². The van der Waals surface area contributed by atoms with Gasteiger partial charge in [0.25, 0.3) is 11.8 Å². The molecule has 2 amide bonds. The monoisotopic (exact) mass is 292 g/mol. The number of rotatable bonds is 4. The van der Waals surface area contributed by atoms with Gasteiger partial charge in [0.15, 0.2) is 0 Å². The minimum absolute atomic E-state index is 0.0430. The van der Waals surface area contributed by atoms with Crippen molar-refractivity contribution in [2.24, 2.45) is 0 Å². The molecule has 0 aliphatic rings. The van der Waals surface area contributed by atoms with Crippen molar-refractivity contribution in [3.8, 4) is 0 Å². The highest BCUT2D eigenvalue weighted by Crippen LogP contribution is 2.18. The second-order valence-electron chi connectivity index (χ2n) is 4.00. The second-order valence-corrected chi connectivity index (χ2v) is 4.34. The molecule has 5 nitrogen and oxygen atoms in total. The molecule has 2 N–H and O–H groups in total. The Morgan fingerprint density at radius 1 is 1.15 bits per heavy atom. The third-order valence-corrected chi connectivity index (χ3v) is 2.90. The van der Waals surface area contributed by atoms with Crippen molar-refractivity contribution in [2.45, 2.75) is 6.92 Å². The summed E-state index contributed by atoms with van der Waals surface area (Å²) in [6.07, 6.45) is 1.34. The lowest BCUT2D eigenvalue weighted by Gasteiger charge is -2.06. The lowest BCUT2D eigenvalue weighted by molar-refractivity contribution is 0.0955. The molecule has 0 aliphatic carbocycles. The van der Waals surface area contributed by atoms with Gasteiger partial charge in [0.1, 0.15) is 0 Å². The van der Waals surface area contributed by atoms with Gasteiger partial charge in [0, 0.05) is 17.8 Å². The number of amides is 2. The predicted octanol–water partition coefficient (Wildman–Crippen LogP) is 2.94. The fourth-order valence-corrected chi connectivity index (χ4v) is 1.82. The molecule has 0 fully saturated rings. The van der Waals surface area contributed by atoms with E-state index < -0.39 is 0 Å². The average Bonchev–Trinajstić information content (AvgIpc) is 2.86. The molecule has 6 heteroatoms. The molecule has 0 saturated carbocycles. The van der Waals surface area contributed by atoms with Gasteiger partial charge in [-0.3, -0.25) is 9.59 Å². The number of hydrogen-bond acceptors (Lipinski definition) is 3. The summed E-state index contributed by atoms with van der Waals surface area (Å²) in [4.78, 5) is 23.5. The summed E-state index contributed by atoms with van der Waals surface area (Å²) in [7, 11) is 0. The molecule has 0 aliphatic heterocycles. The summed E-state index contributed by atoms with van der Waals surface area (Å²) < 4.78 is 4.85. The molecule has 1 aromatic carbocycles. The van der Waals surface area contributed by atoms with Gasteiger partial charge in [-0.1, -0.05) is 0 Å². The standard InChI is InChI=1S/C14H13ClN2O3/c1-2-16-13(18)9-3-5-10(6-4-9)17-14(19)11-7-8-20-12(11)15/h3-8H,2H2,1H3,(H,16,18)(H,17,19). The lowest BCUT2D eigenvalue weighted by atomic mass is 10.2. The average molecular weight is 293 g/mol. The van der Waals surface area contributed by atoms with Gasteiger partial charge in [0.2, 0.25) is 5.22 Å². The van der Waals surface area contributed by atoms with Crippen LogP contribution < -0.4 is 10.6 Å². The molecule has 0 unspecified atom stereocenters. The van der Waals surface area contributed by atoms with Gasteiger partial charge in [-0.15, -0.1) is 0 Å². The molecule has 0 spiro atoms. The summed E-state index contributed by atoms with van der Waals surface area (Å²) in [5.74, 6) is -0.516. The smallest absolute Gasteiger partial charge is 0.260 e. The molecule has 0 atom stereocenters. The molecule has 0 radical (unpaired) electrons. The number of carbonyl (C=O) groups is 2. The van der Waals surface area contributed by atoms with Gasteiger partial charge < -0.3 is 15.1 Å². The van der Waals surface area contributed by atoms with E-state index >= 15 is 0 Å². The number of halogens is 1. The Morgan fingerprint density at radius 2 is 1.85 bits per heavy atom. The lowest BCUT2D eigenvalue weighted by Crippen LogP contribution is -2.22. The van der Waals surface area contributed by atoms with Crippen molar-refractivity contribution >= 4 is 29.1 Å². The van der Waals surface area contributed by atoms with Crippen LogP contribution in [0.25, 0.3) is 0 Å². The normalized spacial score (nSPS) is 10.1. The van der Waals surface area contributed by atoms with Crippen molar-refractivity contribution < 1.29 is 14.0 Å². The molecule has 104 valence electrons. The maximum Gasteiger partial charge on any atom is 0.260 e. The van der Waals surface area contributed by atoms with E-state index in [0.29, 0.717) is 17.8 Å². The number of hydrogen-bond donors (Lipinski definition) is 2. The maximum absolute atomic E-state index is 11.9. The minimum atomic E-state index is -0.366. The molecule has 1 heterocycles. The van der Waals surface area contributed by atoms with E-state index in [2.05, 4.69) is 10.6 Å². The summed E-state index contributed by atoms with van der Waals surface area (Å²) in [5, 5.41) is 5.41. The number of anilines is 1. The van der Waals surface area contributed by atoms with E-state index in [4.69, 9.17) is 16.0 Å². The van der Waals surface area contributed by atoms with E-state index in [1.807, 2.05) is 6.92 Å². The first-order chi connectivity index (χ1) is 9.61. The fraction of sp³-hybridized carbons (Fsp3) is 0.143. The Bertz CT molecular complexity index is 620. The number of nitrogens with one attached hydrogen (secondary N) is 2. The topological polar surface area (TPSA) is 71.3 Å². The maximum atomic E-state index is 11.9. The summed E-state index contributed by atoms with van der Waals surface area (Å²) in [6, 6.07) is 8.06. The Morgan fingerprint density at radius 3 is 2.40 bits per heavy atom. The van der Waals surface area contributed by atoms with Crippen molar-refractivity contribution in [1.29, 1.82) is 0 Å². The molecule has 2 rings (SSSR count). The molecule has 20 heavy (non-hydrogen) atoms. The molecular weight excluding hydrogens is 280 g/mol. The zero-order valence-electron chi connectivity index (χ0n) is 10.8. The van der Waals surface area contributed by atoms with Crippen LogP contribution in [0.15, 0.2) is 41.0 Å². The first kappa shape index (κ1) is 14.1. The predicted molar refractivity (Wildman–Crippen MR) is 76.1 cm³/mol. The van der Waals surface area contributed by atoms with Gasteiger partial charge in [-0.25, -0.2) is 0 Å². The summed E-state index contributed by atoms with van der Waals surface area (Å²) in [6.45, 7) is 2.41. The van der Waals surface area contributed by atoms with Crippen molar-refractivity contribution in [1.82, 2.24) is 5.32 Å². The minimum Gasteiger partial charge on any atom is -0.452 e. The van der Waals surface area contributed by atoms with Crippen molar-refractivity contribution in [3.05, 3.63) is 52.9 Å². The van der Waals surface area contributed by atoms with Crippen LogP contribution in [0.2, 0.25) is 5.22 Å². The molecule has 2 aromatic rings. The highest BCUT2D eigenvalue weighted by atomic mass is 35.5. The highest BCUT2D eigenvalue weighted by Gasteiger charge is 2.13. The van der Waals surface area contributed by atoms with Gasteiger partial charge in [0.05, 0.1) is 11.8 Å². The van der Waals surface area contributed by atoms with E-state index in [-0.39, 0.29) is 22.6 Å². The van der Waals surface area contributed by atoms with E-state index in [1.54, 1.807) is 24.3 Å². The van der Waals surface area contributed by atoms with Crippen LogP contribution in [0.1, 0.15) is 27.6 Å². The van der Waals surface area contributed by atoms with Gasteiger partial charge in [-0.2, -0.15) is 0 Å². The van der Waals surface area contributed by atoms with Crippen LogP contribution in [0.3, 0.4) is 0 Å². The van der Waals surface area contributed by atoms with Gasteiger partial charge in [-0.05, 0) is 48.9 Å². The Labute approximate surface area is 120 Å². The Balaban J connectivity index is 2.06. The first-order valence-corrected chi connectivity index (χ1v) is 6.42.